The average Bonchev–Trinajstić information content (AvgIpc) is 2.82. The largest absolute Gasteiger partial charge is 0.493 e. The first kappa shape index (κ1) is 12.0. The van der Waals surface area contributed by atoms with E-state index in [2.05, 4.69) is 32.0 Å². The molecule has 0 radical (unpaired) electrons. The number of para-hydroxylation sites is 1. The molecule has 0 spiro atoms. The third-order valence-electron chi connectivity index (χ3n) is 4.95. The van der Waals surface area contributed by atoms with E-state index in [1.165, 1.54) is 17.5 Å². The van der Waals surface area contributed by atoms with E-state index in [1.807, 2.05) is 0 Å². The van der Waals surface area contributed by atoms with Gasteiger partial charge in [-0.25, -0.2) is 0 Å². The van der Waals surface area contributed by atoms with Crippen LogP contribution >= 0.6 is 0 Å². The first-order valence-corrected chi connectivity index (χ1v) is 7.14. The Morgan fingerprint density at radius 2 is 2.11 bits per heavy atom. The van der Waals surface area contributed by atoms with E-state index in [9.17, 15) is 0 Å². The third kappa shape index (κ3) is 1.83. The Bertz CT molecular complexity index is 456. The molecule has 1 heterocycles. The van der Waals surface area contributed by atoms with Crippen molar-refractivity contribution in [3.63, 3.8) is 0 Å². The first-order chi connectivity index (χ1) is 8.60. The van der Waals surface area contributed by atoms with Gasteiger partial charge in [0, 0.05) is 17.5 Å². The van der Waals surface area contributed by atoms with Gasteiger partial charge >= 0.3 is 0 Å². The lowest BCUT2D eigenvalue weighted by Gasteiger charge is -2.41. The van der Waals surface area contributed by atoms with Crippen LogP contribution in [-0.4, -0.2) is 6.61 Å². The summed E-state index contributed by atoms with van der Waals surface area (Å²) >= 11 is 0. The molecule has 1 saturated carbocycles. The minimum absolute atomic E-state index is 0.179. The van der Waals surface area contributed by atoms with Gasteiger partial charge in [-0.05, 0) is 36.7 Å². The van der Waals surface area contributed by atoms with Crippen LogP contribution in [-0.2, 0) is 12.0 Å². The topological polar surface area (TPSA) is 35.2 Å². The number of fused-ring (bicyclic) bond motifs is 1. The molecule has 1 aliphatic heterocycles. The molecule has 3 unspecified atom stereocenters. The second kappa shape index (κ2) is 4.27. The summed E-state index contributed by atoms with van der Waals surface area (Å²) in [7, 11) is 0. The smallest absolute Gasteiger partial charge is 0.127 e. The van der Waals surface area contributed by atoms with Gasteiger partial charge in [0.25, 0.3) is 0 Å². The van der Waals surface area contributed by atoms with Gasteiger partial charge < -0.3 is 10.5 Å². The van der Waals surface area contributed by atoms with Crippen molar-refractivity contribution in [3.05, 3.63) is 29.3 Å². The van der Waals surface area contributed by atoms with Crippen molar-refractivity contribution in [2.24, 2.45) is 17.6 Å². The molecule has 0 amide bonds. The summed E-state index contributed by atoms with van der Waals surface area (Å²) in [5.74, 6) is 2.57. The lowest BCUT2D eigenvalue weighted by molar-refractivity contribution is 0.173. The summed E-state index contributed by atoms with van der Waals surface area (Å²) in [4.78, 5) is 0. The monoisotopic (exact) mass is 245 g/mol. The van der Waals surface area contributed by atoms with Crippen molar-refractivity contribution >= 4 is 0 Å². The zero-order chi connectivity index (χ0) is 12.8. The van der Waals surface area contributed by atoms with Crippen LogP contribution in [0.25, 0.3) is 0 Å². The molecule has 2 heteroatoms. The lowest BCUT2D eigenvalue weighted by atomic mass is 9.68. The van der Waals surface area contributed by atoms with Gasteiger partial charge in [-0.15, -0.1) is 0 Å². The zero-order valence-electron chi connectivity index (χ0n) is 11.4. The van der Waals surface area contributed by atoms with E-state index in [4.69, 9.17) is 10.5 Å². The Labute approximate surface area is 110 Å². The van der Waals surface area contributed by atoms with Gasteiger partial charge in [0.1, 0.15) is 5.75 Å². The zero-order valence-corrected chi connectivity index (χ0v) is 11.4. The Hall–Kier alpha value is -1.02. The molecule has 1 fully saturated rings. The summed E-state index contributed by atoms with van der Waals surface area (Å²) in [6.07, 6.45) is 4.42. The summed E-state index contributed by atoms with van der Waals surface area (Å²) in [5.41, 5.74) is 9.13. The Morgan fingerprint density at radius 1 is 1.28 bits per heavy atom. The van der Waals surface area contributed by atoms with Crippen molar-refractivity contribution in [2.45, 2.75) is 45.1 Å². The molecule has 1 aliphatic carbocycles. The van der Waals surface area contributed by atoms with Gasteiger partial charge in [0.05, 0.1) is 6.61 Å². The van der Waals surface area contributed by atoms with Crippen LogP contribution in [0.5, 0.6) is 5.75 Å². The molecule has 3 rings (SSSR count). The Balaban J connectivity index is 1.97. The van der Waals surface area contributed by atoms with Crippen LogP contribution in [0.4, 0.5) is 0 Å². The van der Waals surface area contributed by atoms with E-state index in [-0.39, 0.29) is 5.54 Å². The van der Waals surface area contributed by atoms with E-state index in [1.54, 1.807) is 0 Å². The van der Waals surface area contributed by atoms with Crippen molar-refractivity contribution in [1.29, 1.82) is 0 Å². The van der Waals surface area contributed by atoms with Crippen LogP contribution in [0.2, 0.25) is 0 Å². The molecule has 1 aromatic rings. The quantitative estimate of drug-likeness (QED) is 0.824. The minimum Gasteiger partial charge on any atom is -0.493 e. The van der Waals surface area contributed by atoms with Gasteiger partial charge in [-0.3, -0.25) is 0 Å². The van der Waals surface area contributed by atoms with Gasteiger partial charge in [-0.1, -0.05) is 32.0 Å². The Morgan fingerprint density at radius 3 is 2.89 bits per heavy atom. The molecular weight excluding hydrogens is 222 g/mol. The summed E-state index contributed by atoms with van der Waals surface area (Å²) in [6.45, 7) is 5.49. The van der Waals surface area contributed by atoms with Gasteiger partial charge in [-0.2, -0.15) is 0 Å². The standard InChI is InChI=1S/C16H23NO/c1-11-6-8-16(17,10-12(11)2)14-5-3-4-13-7-9-18-15(13)14/h3-5,11-12H,6-10,17H2,1-2H3. The normalized spacial score (nSPS) is 35.1. The molecule has 1 aromatic carbocycles. The highest BCUT2D eigenvalue weighted by Gasteiger charge is 2.38. The van der Waals surface area contributed by atoms with Crippen LogP contribution in [0, 0.1) is 11.8 Å². The van der Waals surface area contributed by atoms with Crippen molar-refractivity contribution in [3.8, 4) is 5.75 Å². The number of nitrogens with two attached hydrogens (primary N) is 1. The summed E-state index contributed by atoms with van der Waals surface area (Å²) in [5, 5.41) is 0. The fourth-order valence-electron chi connectivity index (χ4n) is 3.50. The number of ether oxygens (including phenoxy) is 1. The second-order valence-electron chi connectivity index (χ2n) is 6.25. The van der Waals surface area contributed by atoms with E-state index >= 15 is 0 Å². The molecule has 0 aromatic heterocycles. The van der Waals surface area contributed by atoms with E-state index < -0.39 is 0 Å². The van der Waals surface area contributed by atoms with Crippen LogP contribution in [0.1, 0.15) is 44.2 Å². The predicted molar refractivity (Wildman–Crippen MR) is 73.7 cm³/mol. The number of benzene rings is 1. The maximum absolute atomic E-state index is 6.73. The van der Waals surface area contributed by atoms with Gasteiger partial charge in [0.15, 0.2) is 0 Å². The highest BCUT2D eigenvalue weighted by Crippen LogP contribution is 2.45. The highest BCUT2D eigenvalue weighted by atomic mass is 16.5. The fourth-order valence-corrected chi connectivity index (χ4v) is 3.50. The van der Waals surface area contributed by atoms with Crippen molar-refractivity contribution in [2.75, 3.05) is 6.61 Å². The SMILES string of the molecule is CC1CCC(N)(c2cccc3c2OCC3)CC1C. The number of rotatable bonds is 1. The van der Waals surface area contributed by atoms with Crippen molar-refractivity contribution < 1.29 is 4.74 Å². The molecule has 18 heavy (non-hydrogen) atoms. The molecule has 2 N–H and O–H groups in total. The van der Waals surface area contributed by atoms with Crippen molar-refractivity contribution in [1.82, 2.24) is 0 Å². The maximum Gasteiger partial charge on any atom is 0.127 e. The molecule has 0 bridgehead atoms. The Kier molecular flexibility index (Phi) is 2.86. The summed E-state index contributed by atoms with van der Waals surface area (Å²) < 4.78 is 5.83. The second-order valence-corrected chi connectivity index (χ2v) is 6.25. The van der Waals surface area contributed by atoms with Crippen LogP contribution < -0.4 is 10.5 Å². The number of hydrogen-bond donors (Lipinski definition) is 1. The molecular formula is C16H23NO. The number of hydrogen-bond acceptors (Lipinski definition) is 2. The van der Waals surface area contributed by atoms with Crippen LogP contribution in [0.15, 0.2) is 18.2 Å². The molecule has 2 aliphatic rings. The van der Waals surface area contributed by atoms with Crippen LogP contribution in [0.3, 0.4) is 0 Å². The predicted octanol–water partition coefficient (Wildman–Crippen LogP) is 3.23. The molecule has 2 nitrogen and oxygen atoms in total. The van der Waals surface area contributed by atoms with Gasteiger partial charge in [0.2, 0.25) is 0 Å². The van der Waals surface area contributed by atoms with E-state index in [0.717, 1.165) is 37.5 Å². The lowest BCUT2D eigenvalue weighted by Crippen LogP contribution is -2.43. The highest BCUT2D eigenvalue weighted by molar-refractivity contribution is 5.47. The van der Waals surface area contributed by atoms with E-state index in [0.29, 0.717) is 5.92 Å². The third-order valence-corrected chi connectivity index (χ3v) is 4.95. The fraction of sp³-hybridized carbons (Fsp3) is 0.625. The summed E-state index contributed by atoms with van der Waals surface area (Å²) in [6, 6.07) is 6.48. The first-order valence-electron chi connectivity index (χ1n) is 7.14. The minimum atomic E-state index is -0.179. The average molecular weight is 245 g/mol. The maximum atomic E-state index is 6.73. The molecule has 0 saturated heterocycles. The molecule has 98 valence electrons. The molecule has 3 atom stereocenters.